The van der Waals surface area contributed by atoms with Gasteiger partial charge in [0, 0.05) is 29.4 Å². The van der Waals surface area contributed by atoms with Gasteiger partial charge < -0.3 is 10.4 Å². The molecule has 2 N–H and O–H groups in total. The maximum absolute atomic E-state index is 10.0. The van der Waals surface area contributed by atoms with Crippen molar-refractivity contribution in [3.05, 3.63) is 65.4 Å². The van der Waals surface area contributed by atoms with E-state index in [2.05, 4.69) is 16.4 Å². The Morgan fingerprint density at radius 2 is 1.86 bits per heavy atom. The molecule has 0 fully saturated rings. The summed E-state index contributed by atoms with van der Waals surface area (Å²) in [5, 5.41) is 14.6. The van der Waals surface area contributed by atoms with Gasteiger partial charge >= 0.3 is 0 Å². The second kappa shape index (κ2) is 5.44. The molecule has 0 radical (unpaired) electrons. The first-order chi connectivity index (χ1) is 10.2. The highest BCUT2D eigenvalue weighted by Crippen LogP contribution is 2.28. The second-order valence-electron chi connectivity index (χ2n) is 5.24. The number of rotatable bonds is 3. The molecule has 2 aromatic carbocycles. The number of para-hydroxylation sites is 1. The van der Waals surface area contributed by atoms with Gasteiger partial charge in [-0.1, -0.05) is 24.3 Å². The van der Waals surface area contributed by atoms with Crippen LogP contribution in [0.3, 0.4) is 0 Å². The molecule has 3 rings (SSSR count). The van der Waals surface area contributed by atoms with Crippen molar-refractivity contribution in [2.45, 2.75) is 20.4 Å². The number of benzene rings is 2. The molecule has 3 heteroatoms. The second-order valence-corrected chi connectivity index (χ2v) is 5.24. The van der Waals surface area contributed by atoms with Crippen molar-refractivity contribution in [2.75, 3.05) is 5.32 Å². The monoisotopic (exact) mass is 278 g/mol. The fourth-order valence-electron chi connectivity index (χ4n) is 2.53. The highest BCUT2D eigenvalue weighted by Gasteiger charge is 2.07. The standard InChI is InChI=1S/C18H18N2O/c1-12-7-8-16(13(2)18(12)21)20-11-14-9-10-19-17-6-4-3-5-15(14)17/h3-10,20-21H,11H2,1-2H3. The highest BCUT2D eigenvalue weighted by molar-refractivity contribution is 5.82. The number of hydrogen-bond acceptors (Lipinski definition) is 3. The zero-order chi connectivity index (χ0) is 14.8. The van der Waals surface area contributed by atoms with Gasteiger partial charge in [-0.15, -0.1) is 0 Å². The molecule has 0 saturated heterocycles. The van der Waals surface area contributed by atoms with Crippen LogP contribution in [-0.4, -0.2) is 10.1 Å². The summed E-state index contributed by atoms with van der Waals surface area (Å²) in [4.78, 5) is 4.37. The van der Waals surface area contributed by atoms with Crippen molar-refractivity contribution in [3.63, 3.8) is 0 Å². The zero-order valence-corrected chi connectivity index (χ0v) is 12.2. The molecule has 106 valence electrons. The molecule has 0 spiro atoms. The molecule has 0 amide bonds. The number of phenolic OH excluding ortho intramolecular Hbond substituents is 1. The van der Waals surface area contributed by atoms with Gasteiger partial charge in [0.15, 0.2) is 0 Å². The van der Waals surface area contributed by atoms with Gasteiger partial charge in [0.05, 0.1) is 5.52 Å². The SMILES string of the molecule is Cc1ccc(NCc2ccnc3ccccc23)c(C)c1O. The Morgan fingerprint density at radius 1 is 1.05 bits per heavy atom. The van der Waals surface area contributed by atoms with Crippen LogP contribution >= 0.6 is 0 Å². The van der Waals surface area contributed by atoms with Gasteiger partial charge in [0.25, 0.3) is 0 Å². The van der Waals surface area contributed by atoms with Gasteiger partial charge in [-0.2, -0.15) is 0 Å². The maximum atomic E-state index is 10.0. The fourth-order valence-corrected chi connectivity index (χ4v) is 2.53. The summed E-state index contributed by atoms with van der Waals surface area (Å²) in [5.74, 6) is 0.361. The van der Waals surface area contributed by atoms with E-state index in [0.717, 1.165) is 27.7 Å². The Balaban J connectivity index is 1.89. The Morgan fingerprint density at radius 3 is 2.71 bits per heavy atom. The minimum absolute atomic E-state index is 0.361. The molecule has 0 atom stereocenters. The van der Waals surface area contributed by atoms with Crippen molar-refractivity contribution < 1.29 is 5.11 Å². The summed E-state index contributed by atoms with van der Waals surface area (Å²) in [5.41, 5.74) is 4.93. The zero-order valence-electron chi connectivity index (χ0n) is 12.2. The number of pyridine rings is 1. The minimum atomic E-state index is 0.361. The Kier molecular flexibility index (Phi) is 3.48. The van der Waals surface area contributed by atoms with Crippen LogP contribution in [0.4, 0.5) is 5.69 Å². The van der Waals surface area contributed by atoms with E-state index in [-0.39, 0.29) is 0 Å². The topological polar surface area (TPSA) is 45.2 Å². The van der Waals surface area contributed by atoms with Crippen LogP contribution in [0.15, 0.2) is 48.7 Å². The van der Waals surface area contributed by atoms with Crippen molar-refractivity contribution in [1.29, 1.82) is 0 Å². The smallest absolute Gasteiger partial charge is 0.123 e. The summed E-state index contributed by atoms with van der Waals surface area (Å²) in [6, 6.07) is 14.1. The third kappa shape index (κ3) is 2.55. The van der Waals surface area contributed by atoms with Crippen molar-refractivity contribution in [3.8, 4) is 5.75 Å². The number of aromatic hydroxyl groups is 1. The number of nitrogens with zero attached hydrogens (tertiary/aromatic N) is 1. The molecular weight excluding hydrogens is 260 g/mol. The van der Waals surface area contributed by atoms with Crippen molar-refractivity contribution in [1.82, 2.24) is 4.98 Å². The van der Waals surface area contributed by atoms with Gasteiger partial charge in [-0.3, -0.25) is 4.98 Å². The van der Waals surface area contributed by atoms with E-state index in [1.807, 2.05) is 56.4 Å². The molecule has 0 saturated carbocycles. The average Bonchev–Trinajstić information content (AvgIpc) is 2.52. The predicted octanol–water partition coefficient (Wildman–Crippen LogP) is 4.17. The molecular formula is C18H18N2O. The molecule has 3 nitrogen and oxygen atoms in total. The lowest BCUT2D eigenvalue weighted by Crippen LogP contribution is -2.02. The Hall–Kier alpha value is -2.55. The van der Waals surface area contributed by atoms with Crippen LogP contribution in [0.5, 0.6) is 5.75 Å². The van der Waals surface area contributed by atoms with Gasteiger partial charge in [-0.25, -0.2) is 0 Å². The first kappa shape index (κ1) is 13.4. The van der Waals surface area contributed by atoms with E-state index in [9.17, 15) is 5.11 Å². The number of aryl methyl sites for hydroxylation is 1. The van der Waals surface area contributed by atoms with Crippen molar-refractivity contribution in [2.24, 2.45) is 0 Å². The normalized spacial score (nSPS) is 10.8. The van der Waals surface area contributed by atoms with Crippen LogP contribution in [0, 0.1) is 13.8 Å². The van der Waals surface area contributed by atoms with Crippen LogP contribution in [0.25, 0.3) is 10.9 Å². The molecule has 0 bridgehead atoms. The first-order valence-corrected chi connectivity index (χ1v) is 7.02. The molecule has 0 aliphatic rings. The number of hydrogen-bond donors (Lipinski definition) is 2. The van der Waals surface area contributed by atoms with Crippen LogP contribution < -0.4 is 5.32 Å². The third-order valence-corrected chi connectivity index (χ3v) is 3.84. The summed E-state index contributed by atoms with van der Waals surface area (Å²) >= 11 is 0. The molecule has 3 aromatic rings. The van der Waals surface area contributed by atoms with E-state index in [1.165, 1.54) is 5.56 Å². The highest BCUT2D eigenvalue weighted by atomic mass is 16.3. The summed E-state index contributed by atoms with van der Waals surface area (Å²) < 4.78 is 0. The lowest BCUT2D eigenvalue weighted by Gasteiger charge is -2.13. The van der Waals surface area contributed by atoms with Gasteiger partial charge in [0.2, 0.25) is 0 Å². The van der Waals surface area contributed by atoms with Gasteiger partial charge in [0.1, 0.15) is 5.75 Å². The molecule has 1 heterocycles. The lowest BCUT2D eigenvalue weighted by atomic mass is 10.1. The summed E-state index contributed by atoms with van der Waals surface area (Å²) in [7, 11) is 0. The van der Waals surface area contributed by atoms with E-state index in [0.29, 0.717) is 12.3 Å². The Bertz CT molecular complexity index is 791. The molecule has 0 unspecified atom stereocenters. The fraction of sp³-hybridized carbons (Fsp3) is 0.167. The summed E-state index contributed by atoms with van der Waals surface area (Å²) in [6.07, 6.45) is 1.83. The first-order valence-electron chi connectivity index (χ1n) is 7.02. The van der Waals surface area contributed by atoms with E-state index in [1.54, 1.807) is 0 Å². The van der Waals surface area contributed by atoms with Crippen LogP contribution in [0.2, 0.25) is 0 Å². The molecule has 0 aliphatic heterocycles. The number of aromatic nitrogens is 1. The van der Waals surface area contributed by atoms with Crippen molar-refractivity contribution >= 4 is 16.6 Å². The van der Waals surface area contributed by atoms with Gasteiger partial charge in [-0.05, 0) is 43.2 Å². The quantitative estimate of drug-likeness (QED) is 0.755. The lowest BCUT2D eigenvalue weighted by molar-refractivity contribution is 0.467. The molecule has 1 aromatic heterocycles. The Labute approximate surface area is 124 Å². The predicted molar refractivity (Wildman–Crippen MR) is 86.7 cm³/mol. The minimum Gasteiger partial charge on any atom is -0.507 e. The van der Waals surface area contributed by atoms with E-state index >= 15 is 0 Å². The molecule has 21 heavy (non-hydrogen) atoms. The van der Waals surface area contributed by atoms with Crippen LogP contribution in [-0.2, 0) is 6.54 Å². The largest absolute Gasteiger partial charge is 0.507 e. The number of fused-ring (bicyclic) bond motifs is 1. The van der Waals surface area contributed by atoms with E-state index in [4.69, 9.17) is 0 Å². The number of anilines is 1. The maximum Gasteiger partial charge on any atom is 0.123 e. The van der Waals surface area contributed by atoms with Crippen LogP contribution in [0.1, 0.15) is 16.7 Å². The summed E-state index contributed by atoms with van der Waals surface area (Å²) in [6.45, 7) is 4.53. The number of phenols is 1. The number of nitrogens with one attached hydrogen (secondary N) is 1. The van der Waals surface area contributed by atoms with E-state index < -0.39 is 0 Å². The average molecular weight is 278 g/mol. The molecule has 0 aliphatic carbocycles. The third-order valence-electron chi connectivity index (χ3n) is 3.84.